The number of nitrogens with zero attached hydrogens (tertiary/aromatic N) is 5. The summed E-state index contributed by atoms with van der Waals surface area (Å²) in [4.78, 5) is 33.1. The number of rotatable bonds is 5. The first kappa shape index (κ1) is 19.6. The minimum atomic E-state index is -0.683. The number of hydrogen-bond donors (Lipinski definition) is 1. The highest BCUT2D eigenvalue weighted by Gasteiger charge is 2.50. The Morgan fingerprint density at radius 1 is 1.14 bits per heavy atom. The van der Waals surface area contributed by atoms with E-state index in [4.69, 9.17) is 0 Å². The number of amides is 3. The fourth-order valence-corrected chi connectivity index (χ4v) is 4.32. The monoisotopic (exact) mass is 396 g/mol. The van der Waals surface area contributed by atoms with Gasteiger partial charge in [-0.3, -0.25) is 9.69 Å². The largest absolute Gasteiger partial charge is 0.326 e. The second-order valence-corrected chi connectivity index (χ2v) is 8.17. The molecule has 2 aliphatic rings. The van der Waals surface area contributed by atoms with Crippen molar-refractivity contribution in [1.82, 2.24) is 29.9 Å². The summed E-state index contributed by atoms with van der Waals surface area (Å²) >= 11 is 0. The zero-order chi connectivity index (χ0) is 20.4. The van der Waals surface area contributed by atoms with Gasteiger partial charge in [-0.05, 0) is 44.5 Å². The summed E-state index contributed by atoms with van der Waals surface area (Å²) in [5, 5.41) is 7.15. The summed E-state index contributed by atoms with van der Waals surface area (Å²) in [5.41, 5.74) is 1.36. The molecule has 0 bridgehead atoms. The van der Waals surface area contributed by atoms with Gasteiger partial charge in [-0.25, -0.2) is 19.4 Å². The smallest absolute Gasteiger partial charge is 0.323 e. The molecule has 0 radical (unpaired) electrons. The van der Waals surface area contributed by atoms with Gasteiger partial charge in [0.15, 0.2) is 0 Å². The molecule has 8 heteroatoms. The Bertz CT molecular complexity index is 856. The van der Waals surface area contributed by atoms with Crippen molar-refractivity contribution < 1.29 is 9.59 Å². The zero-order valence-electron chi connectivity index (χ0n) is 17.0. The minimum absolute atomic E-state index is 0.0473. The molecule has 0 unspecified atom stereocenters. The Morgan fingerprint density at radius 3 is 2.45 bits per heavy atom. The first-order valence-electron chi connectivity index (χ1n) is 10.3. The number of nitrogens with one attached hydrogen (secondary N) is 1. The fourth-order valence-electron chi connectivity index (χ4n) is 4.32. The Hall–Kier alpha value is -2.74. The highest BCUT2D eigenvalue weighted by atomic mass is 16.2. The van der Waals surface area contributed by atoms with E-state index in [9.17, 15) is 9.59 Å². The van der Waals surface area contributed by atoms with Crippen molar-refractivity contribution in [1.29, 1.82) is 0 Å². The topological polar surface area (TPSA) is 83.4 Å². The molecule has 154 valence electrons. The molecular weight excluding hydrogens is 368 g/mol. The molecule has 1 N–H and O–H groups in total. The summed E-state index contributed by atoms with van der Waals surface area (Å²) in [6.07, 6.45) is 8.90. The quantitative estimate of drug-likeness (QED) is 0.786. The van der Waals surface area contributed by atoms with Crippen LogP contribution in [0.1, 0.15) is 57.1 Å². The predicted molar refractivity (Wildman–Crippen MR) is 108 cm³/mol. The maximum atomic E-state index is 13.1. The van der Waals surface area contributed by atoms with Crippen LogP contribution in [0.25, 0.3) is 5.69 Å². The van der Waals surface area contributed by atoms with Crippen molar-refractivity contribution in [3.63, 3.8) is 0 Å². The van der Waals surface area contributed by atoms with Crippen molar-refractivity contribution in [2.75, 3.05) is 13.7 Å². The molecule has 1 atom stereocenters. The van der Waals surface area contributed by atoms with Crippen LogP contribution in [-0.4, -0.2) is 55.8 Å². The van der Waals surface area contributed by atoms with E-state index < -0.39 is 5.54 Å². The molecule has 1 aliphatic carbocycles. The lowest BCUT2D eigenvalue weighted by atomic mass is 9.90. The van der Waals surface area contributed by atoms with Gasteiger partial charge in [0.2, 0.25) is 0 Å². The minimum Gasteiger partial charge on any atom is -0.323 e. The average molecular weight is 396 g/mol. The maximum Gasteiger partial charge on any atom is 0.326 e. The van der Waals surface area contributed by atoms with Gasteiger partial charge in [-0.1, -0.05) is 37.8 Å². The van der Waals surface area contributed by atoms with E-state index in [1.165, 1.54) is 11.2 Å². The normalized spacial score (nSPS) is 20.2. The molecule has 1 aromatic carbocycles. The SMILES string of the molecule is C[C@@H](c1ccc(-n2cncn2)cc1)N(C)CN1C(=O)NC2(CCCCCC2)C1=O. The first-order valence-corrected chi connectivity index (χ1v) is 10.3. The lowest BCUT2D eigenvalue weighted by molar-refractivity contribution is -0.133. The highest BCUT2D eigenvalue weighted by Crippen LogP contribution is 2.33. The Morgan fingerprint density at radius 2 is 1.83 bits per heavy atom. The summed E-state index contributed by atoms with van der Waals surface area (Å²) in [6, 6.07) is 7.84. The van der Waals surface area contributed by atoms with E-state index in [-0.39, 0.29) is 24.6 Å². The van der Waals surface area contributed by atoms with Crippen LogP contribution in [0.4, 0.5) is 4.79 Å². The van der Waals surface area contributed by atoms with Crippen molar-refractivity contribution in [3.8, 4) is 5.69 Å². The van der Waals surface area contributed by atoms with Gasteiger partial charge in [0, 0.05) is 6.04 Å². The van der Waals surface area contributed by atoms with E-state index in [1.54, 1.807) is 11.0 Å². The van der Waals surface area contributed by atoms with Crippen molar-refractivity contribution >= 4 is 11.9 Å². The van der Waals surface area contributed by atoms with Crippen molar-refractivity contribution in [3.05, 3.63) is 42.5 Å². The summed E-state index contributed by atoms with van der Waals surface area (Å²) in [5.74, 6) is -0.0648. The van der Waals surface area contributed by atoms with Crippen LogP contribution in [0.2, 0.25) is 0 Å². The zero-order valence-corrected chi connectivity index (χ0v) is 17.0. The van der Waals surface area contributed by atoms with Crippen molar-refractivity contribution in [2.24, 2.45) is 0 Å². The van der Waals surface area contributed by atoms with Crippen LogP contribution in [-0.2, 0) is 4.79 Å². The number of carbonyl (C=O) groups is 2. The van der Waals surface area contributed by atoms with E-state index in [0.29, 0.717) is 0 Å². The average Bonchev–Trinajstić information content (AvgIpc) is 3.26. The second-order valence-electron chi connectivity index (χ2n) is 8.17. The number of benzene rings is 1. The molecule has 1 saturated heterocycles. The van der Waals surface area contributed by atoms with Crippen LogP contribution >= 0.6 is 0 Å². The molecule has 3 amide bonds. The highest BCUT2D eigenvalue weighted by molar-refractivity contribution is 6.07. The molecule has 2 aromatic rings. The lowest BCUT2D eigenvalue weighted by Crippen LogP contribution is -2.47. The third-order valence-corrected chi connectivity index (χ3v) is 6.29. The van der Waals surface area contributed by atoms with Crippen LogP contribution in [0.15, 0.2) is 36.9 Å². The first-order chi connectivity index (χ1) is 14.0. The summed E-state index contributed by atoms with van der Waals surface area (Å²) < 4.78 is 1.71. The van der Waals surface area contributed by atoms with E-state index in [2.05, 4.69) is 22.3 Å². The number of urea groups is 1. The van der Waals surface area contributed by atoms with Crippen LogP contribution in [0.5, 0.6) is 0 Å². The Labute approximate surface area is 170 Å². The Balaban J connectivity index is 1.43. The van der Waals surface area contributed by atoms with Gasteiger partial charge in [-0.15, -0.1) is 0 Å². The molecule has 29 heavy (non-hydrogen) atoms. The fraction of sp³-hybridized carbons (Fsp3) is 0.524. The summed E-state index contributed by atoms with van der Waals surface area (Å²) in [7, 11) is 1.94. The van der Waals surface area contributed by atoms with Gasteiger partial charge >= 0.3 is 6.03 Å². The van der Waals surface area contributed by atoms with Gasteiger partial charge in [0.1, 0.15) is 18.2 Å². The number of carbonyl (C=O) groups excluding carboxylic acids is 2. The predicted octanol–water partition coefficient (Wildman–Crippen LogP) is 2.86. The Kier molecular flexibility index (Phi) is 5.36. The molecule has 8 nitrogen and oxygen atoms in total. The van der Waals surface area contributed by atoms with Crippen molar-refractivity contribution in [2.45, 2.75) is 57.0 Å². The molecule has 2 heterocycles. The van der Waals surface area contributed by atoms with Crippen LogP contribution in [0.3, 0.4) is 0 Å². The second kappa shape index (κ2) is 7.94. The van der Waals surface area contributed by atoms with Gasteiger partial charge in [0.05, 0.1) is 12.4 Å². The summed E-state index contributed by atoms with van der Waals surface area (Å²) in [6.45, 7) is 2.35. The molecule has 1 aliphatic heterocycles. The van der Waals surface area contributed by atoms with Gasteiger partial charge in [-0.2, -0.15) is 5.10 Å². The molecule has 2 fully saturated rings. The number of aromatic nitrogens is 3. The lowest BCUT2D eigenvalue weighted by Gasteiger charge is -2.29. The maximum absolute atomic E-state index is 13.1. The van der Waals surface area contributed by atoms with E-state index >= 15 is 0 Å². The third kappa shape index (κ3) is 3.76. The number of imide groups is 1. The molecule has 4 rings (SSSR count). The van der Waals surface area contributed by atoms with Gasteiger partial charge in [0.25, 0.3) is 5.91 Å². The standard InChI is InChI=1S/C21H28N6O2/c1-16(17-7-9-18(10-8-17)27-14-22-13-23-27)25(2)15-26-19(28)21(24-20(26)29)11-5-3-4-6-12-21/h7-10,13-14,16H,3-6,11-12,15H2,1-2H3,(H,24,29)/t16-/m0/s1. The number of hydrogen-bond acceptors (Lipinski definition) is 5. The molecular formula is C21H28N6O2. The van der Waals surface area contributed by atoms with Crippen LogP contribution < -0.4 is 5.32 Å². The van der Waals surface area contributed by atoms with Crippen LogP contribution in [0, 0.1) is 0 Å². The van der Waals surface area contributed by atoms with E-state index in [0.717, 1.165) is 49.8 Å². The van der Waals surface area contributed by atoms with Gasteiger partial charge < -0.3 is 5.32 Å². The van der Waals surface area contributed by atoms with E-state index in [1.807, 2.05) is 36.2 Å². The molecule has 1 spiro atoms. The molecule has 1 saturated carbocycles. The third-order valence-electron chi connectivity index (χ3n) is 6.29. The molecule has 1 aromatic heterocycles.